The molecule has 1 aliphatic rings. The smallest absolute Gasteiger partial charge is 0.238 e. The maximum Gasteiger partial charge on any atom is 0.238 e. The van der Waals surface area contributed by atoms with Crippen LogP contribution in [0.5, 0.6) is 5.75 Å². The second-order valence-corrected chi connectivity index (χ2v) is 8.53. The second kappa shape index (κ2) is 7.32. The molecule has 7 heteroatoms. The lowest BCUT2D eigenvalue weighted by molar-refractivity contribution is -0.133. The molecule has 0 spiro atoms. The van der Waals surface area contributed by atoms with Gasteiger partial charge in [-0.3, -0.25) is 4.79 Å². The predicted octanol–water partition coefficient (Wildman–Crippen LogP) is 2.67. The van der Waals surface area contributed by atoms with Crippen LogP contribution in [0.15, 0.2) is 53.4 Å². The van der Waals surface area contributed by atoms with Crippen LogP contribution in [0.2, 0.25) is 0 Å². The van der Waals surface area contributed by atoms with E-state index in [1.54, 1.807) is 31.2 Å². The molecular formula is C20H24N2O4S. The summed E-state index contributed by atoms with van der Waals surface area (Å²) in [5.74, 6) is 0.965. The lowest BCUT2D eigenvalue weighted by atomic mass is 10.1. The summed E-state index contributed by atoms with van der Waals surface area (Å²) in [6.45, 7) is 1.88. The molecule has 27 heavy (non-hydrogen) atoms. The van der Waals surface area contributed by atoms with E-state index in [1.165, 1.54) is 12.1 Å². The first-order valence-corrected chi connectivity index (χ1v) is 10.3. The molecule has 0 aliphatic heterocycles. The Balaban J connectivity index is 1.72. The van der Waals surface area contributed by atoms with Crippen LogP contribution in [0.3, 0.4) is 0 Å². The summed E-state index contributed by atoms with van der Waals surface area (Å²) >= 11 is 0. The molecule has 1 fully saturated rings. The first-order valence-electron chi connectivity index (χ1n) is 8.75. The summed E-state index contributed by atoms with van der Waals surface area (Å²) in [7, 11) is -0.403. The van der Waals surface area contributed by atoms with Gasteiger partial charge in [0.2, 0.25) is 15.9 Å². The number of primary sulfonamides is 1. The largest absolute Gasteiger partial charge is 0.497 e. The van der Waals surface area contributed by atoms with E-state index in [1.807, 2.05) is 31.2 Å². The van der Waals surface area contributed by atoms with Gasteiger partial charge in [-0.05, 0) is 54.7 Å². The van der Waals surface area contributed by atoms with Gasteiger partial charge in [-0.15, -0.1) is 0 Å². The molecule has 144 valence electrons. The number of nitrogens with two attached hydrogens (primary N) is 1. The molecule has 3 unspecified atom stereocenters. The first kappa shape index (κ1) is 19.4. The van der Waals surface area contributed by atoms with E-state index in [4.69, 9.17) is 9.88 Å². The number of amides is 1. The van der Waals surface area contributed by atoms with Crippen molar-refractivity contribution in [2.45, 2.75) is 30.2 Å². The van der Waals surface area contributed by atoms with Crippen molar-refractivity contribution in [3.05, 3.63) is 59.7 Å². The zero-order valence-corrected chi connectivity index (χ0v) is 16.4. The van der Waals surface area contributed by atoms with Crippen molar-refractivity contribution in [3.8, 4) is 5.75 Å². The number of methoxy groups -OCH3 is 1. The highest BCUT2D eigenvalue weighted by Gasteiger charge is 2.46. The van der Waals surface area contributed by atoms with Crippen molar-refractivity contribution in [3.63, 3.8) is 0 Å². The molecule has 0 bridgehead atoms. The Hall–Kier alpha value is -2.38. The van der Waals surface area contributed by atoms with Crippen LogP contribution in [0.1, 0.15) is 36.4 Å². The fourth-order valence-corrected chi connectivity index (χ4v) is 3.90. The lowest BCUT2D eigenvalue weighted by Crippen LogP contribution is -2.31. The number of nitrogens with zero attached hydrogens (tertiary/aromatic N) is 1. The Bertz CT molecular complexity index is 958. The maximum absolute atomic E-state index is 12.9. The maximum atomic E-state index is 12.9. The third-order valence-corrected chi connectivity index (χ3v) is 6.14. The molecule has 2 N–H and O–H groups in total. The molecule has 1 aliphatic carbocycles. The average molecular weight is 388 g/mol. The molecule has 0 saturated heterocycles. The number of rotatable bonds is 6. The Kier molecular flexibility index (Phi) is 5.26. The van der Waals surface area contributed by atoms with Crippen molar-refractivity contribution in [2.24, 2.45) is 11.1 Å². The number of ether oxygens (including phenoxy) is 1. The summed E-state index contributed by atoms with van der Waals surface area (Å²) in [4.78, 5) is 14.6. The van der Waals surface area contributed by atoms with Gasteiger partial charge in [0, 0.05) is 13.0 Å². The average Bonchev–Trinajstić information content (AvgIpc) is 3.46. The van der Waals surface area contributed by atoms with Crippen LogP contribution in [-0.4, -0.2) is 33.4 Å². The molecule has 0 radical (unpaired) electrons. The second-order valence-electron chi connectivity index (χ2n) is 6.97. The molecule has 0 heterocycles. The van der Waals surface area contributed by atoms with E-state index in [0.717, 1.165) is 23.3 Å². The highest BCUT2D eigenvalue weighted by molar-refractivity contribution is 7.89. The summed E-state index contributed by atoms with van der Waals surface area (Å²) < 4.78 is 28.4. The highest BCUT2D eigenvalue weighted by atomic mass is 32.2. The molecule has 0 aromatic heterocycles. The predicted molar refractivity (Wildman–Crippen MR) is 103 cm³/mol. The third-order valence-electron chi connectivity index (χ3n) is 5.23. The van der Waals surface area contributed by atoms with Crippen molar-refractivity contribution < 1.29 is 17.9 Å². The van der Waals surface area contributed by atoms with Crippen LogP contribution >= 0.6 is 0 Å². The molecule has 6 nitrogen and oxygen atoms in total. The molecule has 1 saturated carbocycles. The molecule has 2 aromatic rings. The SMILES string of the molecule is COc1cccc(C2CC2C(=O)N(C)C(C)c2cccc(S(N)(=O)=O)c2)c1. The van der Waals surface area contributed by atoms with Gasteiger partial charge in [0.15, 0.2) is 0 Å². The number of sulfonamides is 1. The number of carbonyl (C=O) groups is 1. The van der Waals surface area contributed by atoms with Gasteiger partial charge in [-0.25, -0.2) is 13.6 Å². The Morgan fingerprint density at radius 1 is 1.22 bits per heavy atom. The van der Waals surface area contributed by atoms with E-state index >= 15 is 0 Å². The molecule has 1 amide bonds. The zero-order chi connectivity index (χ0) is 19.8. The van der Waals surface area contributed by atoms with Gasteiger partial charge in [-0.2, -0.15) is 0 Å². The van der Waals surface area contributed by atoms with Gasteiger partial charge in [0.25, 0.3) is 0 Å². The van der Waals surface area contributed by atoms with Crippen LogP contribution < -0.4 is 9.88 Å². The summed E-state index contributed by atoms with van der Waals surface area (Å²) in [5.41, 5.74) is 1.83. The van der Waals surface area contributed by atoms with E-state index in [0.29, 0.717) is 0 Å². The topological polar surface area (TPSA) is 89.7 Å². The molecule has 3 atom stereocenters. The van der Waals surface area contributed by atoms with Gasteiger partial charge in [-0.1, -0.05) is 24.3 Å². The van der Waals surface area contributed by atoms with Crippen LogP contribution in [0.4, 0.5) is 0 Å². The number of benzene rings is 2. The van der Waals surface area contributed by atoms with Crippen molar-refractivity contribution in [1.29, 1.82) is 0 Å². The molecule has 3 rings (SSSR count). The third kappa shape index (κ3) is 4.14. The van der Waals surface area contributed by atoms with E-state index in [2.05, 4.69) is 0 Å². The summed E-state index contributed by atoms with van der Waals surface area (Å²) in [6.07, 6.45) is 0.806. The number of carbonyl (C=O) groups excluding carboxylic acids is 1. The Morgan fingerprint density at radius 3 is 2.59 bits per heavy atom. The number of hydrogen-bond acceptors (Lipinski definition) is 4. The van der Waals surface area contributed by atoms with Crippen LogP contribution in [0, 0.1) is 5.92 Å². The van der Waals surface area contributed by atoms with E-state index < -0.39 is 10.0 Å². The van der Waals surface area contributed by atoms with Crippen LogP contribution in [0.25, 0.3) is 0 Å². The van der Waals surface area contributed by atoms with Gasteiger partial charge >= 0.3 is 0 Å². The van der Waals surface area contributed by atoms with E-state index in [9.17, 15) is 13.2 Å². The minimum atomic E-state index is -3.78. The Labute approximate surface area is 160 Å². The van der Waals surface area contributed by atoms with Crippen molar-refractivity contribution >= 4 is 15.9 Å². The van der Waals surface area contributed by atoms with E-state index in [-0.39, 0.29) is 28.7 Å². The summed E-state index contributed by atoms with van der Waals surface area (Å²) in [5, 5.41) is 5.21. The monoisotopic (exact) mass is 388 g/mol. The zero-order valence-electron chi connectivity index (χ0n) is 15.6. The molecule has 2 aromatic carbocycles. The van der Waals surface area contributed by atoms with Gasteiger partial charge in [0.05, 0.1) is 18.0 Å². The fraction of sp³-hybridized carbons (Fsp3) is 0.350. The molecular weight excluding hydrogens is 364 g/mol. The van der Waals surface area contributed by atoms with Crippen LogP contribution in [-0.2, 0) is 14.8 Å². The van der Waals surface area contributed by atoms with Gasteiger partial charge < -0.3 is 9.64 Å². The Morgan fingerprint density at radius 2 is 1.93 bits per heavy atom. The lowest BCUT2D eigenvalue weighted by Gasteiger charge is -2.26. The fourth-order valence-electron chi connectivity index (χ4n) is 3.34. The summed E-state index contributed by atoms with van der Waals surface area (Å²) in [6, 6.07) is 14.0. The van der Waals surface area contributed by atoms with Crippen molar-refractivity contribution in [2.75, 3.05) is 14.2 Å². The first-order chi connectivity index (χ1) is 12.7. The quantitative estimate of drug-likeness (QED) is 0.824. The van der Waals surface area contributed by atoms with Gasteiger partial charge in [0.1, 0.15) is 5.75 Å². The van der Waals surface area contributed by atoms with Crippen molar-refractivity contribution in [1.82, 2.24) is 4.90 Å². The highest BCUT2D eigenvalue weighted by Crippen LogP contribution is 2.49. The standard InChI is InChI=1S/C20H24N2O4S/c1-13(14-6-5-9-17(11-14)27(21,24)25)22(2)20(23)19-12-18(19)15-7-4-8-16(10-15)26-3/h4-11,13,18-19H,12H2,1-3H3,(H2,21,24,25). The number of hydrogen-bond donors (Lipinski definition) is 1. The minimum Gasteiger partial charge on any atom is -0.497 e. The minimum absolute atomic E-state index is 0.0494. The normalized spacial score (nSPS) is 20.0.